The van der Waals surface area contributed by atoms with Gasteiger partial charge in [-0.25, -0.2) is 4.39 Å². The number of aromatic nitrogens is 2. The summed E-state index contributed by atoms with van der Waals surface area (Å²) in [5, 5.41) is 8.26. The van der Waals surface area contributed by atoms with Gasteiger partial charge in [0.05, 0.1) is 18.3 Å². The number of amides is 1. The first-order valence-corrected chi connectivity index (χ1v) is 8.60. The number of halogens is 1. The molecule has 2 heterocycles. The monoisotopic (exact) mass is 363 g/mol. The molecule has 0 atom stereocenters. The lowest BCUT2D eigenvalue weighted by Crippen LogP contribution is -2.13. The van der Waals surface area contributed by atoms with Crippen molar-refractivity contribution in [3.63, 3.8) is 0 Å². The number of benzene rings is 2. The summed E-state index contributed by atoms with van der Waals surface area (Å²) < 4.78 is 19.8. The van der Waals surface area contributed by atoms with Gasteiger partial charge in [-0.15, -0.1) is 0 Å². The lowest BCUT2D eigenvalue weighted by Gasteiger charge is -2.04. The van der Waals surface area contributed by atoms with E-state index in [9.17, 15) is 9.18 Å². The second-order valence-corrected chi connectivity index (χ2v) is 6.36. The van der Waals surface area contributed by atoms with Crippen LogP contribution in [0.15, 0.2) is 65.3 Å². The SMILES string of the molecule is Cc1ccoc1C(=O)Nc1nn(Cc2ccc(CF)cc2)c2ccccc12. The first-order valence-electron chi connectivity index (χ1n) is 8.60. The molecule has 0 bridgehead atoms. The van der Waals surface area contributed by atoms with Crippen LogP contribution >= 0.6 is 0 Å². The number of carbonyl (C=O) groups is 1. The molecule has 6 heteroatoms. The van der Waals surface area contributed by atoms with E-state index >= 15 is 0 Å². The lowest BCUT2D eigenvalue weighted by atomic mass is 10.1. The highest BCUT2D eigenvalue weighted by Crippen LogP contribution is 2.24. The third-order valence-electron chi connectivity index (χ3n) is 4.47. The lowest BCUT2D eigenvalue weighted by molar-refractivity contribution is 0.0995. The Morgan fingerprint density at radius 2 is 1.85 bits per heavy atom. The molecular weight excluding hydrogens is 345 g/mol. The molecule has 1 N–H and O–H groups in total. The molecule has 0 aliphatic heterocycles. The van der Waals surface area contributed by atoms with E-state index in [1.807, 2.05) is 48.0 Å². The number of rotatable bonds is 5. The third kappa shape index (κ3) is 3.33. The molecule has 5 nitrogen and oxygen atoms in total. The van der Waals surface area contributed by atoms with Crippen molar-refractivity contribution in [2.75, 3.05) is 5.32 Å². The van der Waals surface area contributed by atoms with Gasteiger partial charge in [0.15, 0.2) is 11.6 Å². The maximum Gasteiger partial charge on any atom is 0.292 e. The number of alkyl halides is 1. The highest BCUT2D eigenvalue weighted by atomic mass is 19.1. The fourth-order valence-electron chi connectivity index (χ4n) is 3.02. The van der Waals surface area contributed by atoms with Gasteiger partial charge in [0.25, 0.3) is 5.91 Å². The van der Waals surface area contributed by atoms with Crippen LogP contribution in [0, 0.1) is 6.92 Å². The second-order valence-electron chi connectivity index (χ2n) is 6.36. The maximum absolute atomic E-state index is 12.7. The van der Waals surface area contributed by atoms with Gasteiger partial charge in [0, 0.05) is 10.9 Å². The van der Waals surface area contributed by atoms with Crippen molar-refractivity contribution < 1.29 is 13.6 Å². The molecule has 136 valence electrons. The topological polar surface area (TPSA) is 60.1 Å². The van der Waals surface area contributed by atoms with Crippen molar-refractivity contribution in [2.45, 2.75) is 20.1 Å². The van der Waals surface area contributed by atoms with Gasteiger partial charge < -0.3 is 9.73 Å². The van der Waals surface area contributed by atoms with Crippen LogP contribution in [0.5, 0.6) is 0 Å². The molecule has 4 aromatic rings. The molecule has 4 rings (SSSR count). The number of carbonyl (C=O) groups excluding carboxylic acids is 1. The number of nitrogens with one attached hydrogen (secondary N) is 1. The van der Waals surface area contributed by atoms with Gasteiger partial charge in [0.2, 0.25) is 0 Å². The highest BCUT2D eigenvalue weighted by Gasteiger charge is 2.17. The largest absolute Gasteiger partial charge is 0.459 e. The molecule has 2 aromatic carbocycles. The van der Waals surface area contributed by atoms with Crippen molar-refractivity contribution in [3.8, 4) is 0 Å². The zero-order valence-electron chi connectivity index (χ0n) is 14.8. The minimum Gasteiger partial charge on any atom is -0.459 e. The summed E-state index contributed by atoms with van der Waals surface area (Å²) in [6.45, 7) is 1.85. The Morgan fingerprint density at radius 3 is 2.56 bits per heavy atom. The normalized spacial score (nSPS) is 11.0. The van der Waals surface area contributed by atoms with Gasteiger partial charge in [-0.3, -0.25) is 9.48 Å². The summed E-state index contributed by atoms with van der Waals surface area (Å²) in [4.78, 5) is 12.5. The smallest absolute Gasteiger partial charge is 0.292 e. The molecule has 0 spiro atoms. The van der Waals surface area contributed by atoms with Crippen molar-refractivity contribution in [2.24, 2.45) is 0 Å². The third-order valence-corrected chi connectivity index (χ3v) is 4.47. The number of furan rings is 1. The first-order chi connectivity index (χ1) is 13.2. The summed E-state index contributed by atoms with van der Waals surface area (Å²) >= 11 is 0. The molecule has 0 saturated heterocycles. The van der Waals surface area contributed by atoms with Gasteiger partial charge in [-0.2, -0.15) is 5.10 Å². The summed E-state index contributed by atoms with van der Waals surface area (Å²) in [7, 11) is 0. The molecule has 1 amide bonds. The van der Waals surface area contributed by atoms with Gasteiger partial charge in [-0.05, 0) is 36.2 Å². The number of para-hydroxylation sites is 1. The van der Waals surface area contributed by atoms with Crippen molar-refractivity contribution in [3.05, 3.63) is 83.3 Å². The van der Waals surface area contributed by atoms with E-state index in [0.717, 1.165) is 22.0 Å². The predicted octanol–water partition coefficient (Wildman–Crippen LogP) is 4.71. The molecule has 0 unspecified atom stereocenters. The molecule has 0 aliphatic rings. The van der Waals surface area contributed by atoms with E-state index in [1.54, 1.807) is 18.2 Å². The summed E-state index contributed by atoms with van der Waals surface area (Å²) in [5.74, 6) is 0.419. The van der Waals surface area contributed by atoms with Gasteiger partial charge >= 0.3 is 0 Å². The molecular formula is C21H18FN3O2. The number of nitrogens with zero attached hydrogens (tertiary/aromatic N) is 2. The maximum atomic E-state index is 12.7. The fraction of sp³-hybridized carbons (Fsp3) is 0.143. The minimum atomic E-state index is -0.479. The first kappa shape index (κ1) is 17.0. The number of fused-ring (bicyclic) bond motifs is 1. The summed E-state index contributed by atoms with van der Waals surface area (Å²) in [6, 6.07) is 16.7. The zero-order chi connectivity index (χ0) is 18.8. The van der Waals surface area contributed by atoms with E-state index in [4.69, 9.17) is 4.42 Å². The predicted molar refractivity (Wildman–Crippen MR) is 101 cm³/mol. The Hall–Kier alpha value is -3.41. The second kappa shape index (κ2) is 7.07. The molecule has 2 aromatic heterocycles. The number of aryl methyl sites for hydroxylation is 1. The Morgan fingerprint density at radius 1 is 1.11 bits per heavy atom. The zero-order valence-corrected chi connectivity index (χ0v) is 14.8. The van der Waals surface area contributed by atoms with Crippen LogP contribution in [0.25, 0.3) is 10.9 Å². The number of hydrogen-bond acceptors (Lipinski definition) is 3. The van der Waals surface area contributed by atoms with Crippen molar-refractivity contribution in [1.82, 2.24) is 9.78 Å². The van der Waals surface area contributed by atoms with Gasteiger partial charge in [0.1, 0.15) is 6.67 Å². The highest BCUT2D eigenvalue weighted by molar-refractivity contribution is 6.07. The van der Waals surface area contributed by atoms with E-state index in [0.29, 0.717) is 17.9 Å². The minimum absolute atomic E-state index is 0.274. The van der Waals surface area contributed by atoms with Crippen LogP contribution < -0.4 is 5.32 Å². The average molecular weight is 363 g/mol. The van der Waals surface area contributed by atoms with E-state index in [1.165, 1.54) is 6.26 Å². The average Bonchev–Trinajstić information content (AvgIpc) is 3.27. The van der Waals surface area contributed by atoms with E-state index in [2.05, 4.69) is 10.4 Å². The van der Waals surface area contributed by atoms with Crippen molar-refractivity contribution >= 4 is 22.6 Å². The van der Waals surface area contributed by atoms with E-state index in [-0.39, 0.29) is 11.7 Å². The van der Waals surface area contributed by atoms with Crippen LogP contribution in [-0.4, -0.2) is 15.7 Å². The Bertz CT molecular complexity index is 1100. The van der Waals surface area contributed by atoms with E-state index < -0.39 is 6.67 Å². The molecule has 0 aliphatic carbocycles. The van der Waals surface area contributed by atoms with Gasteiger partial charge in [-0.1, -0.05) is 36.4 Å². The summed E-state index contributed by atoms with van der Waals surface area (Å²) in [6.07, 6.45) is 1.49. The van der Waals surface area contributed by atoms with Crippen LogP contribution in [-0.2, 0) is 13.2 Å². The van der Waals surface area contributed by atoms with Crippen LogP contribution in [0.2, 0.25) is 0 Å². The summed E-state index contributed by atoms with van der Waals surface area (Å²) in [5.41, 5.74) is 3.31. The number of hydrogen-bond donors (Lipinski definition) is 1. The Labute approximate surface area is 155 Å². The van der Waals surface area contributed by atoms with Crippen LogP contribution in [0.3, 0.4) is 0 Å². The van der Waals surface area contributed by atoms with Crippen LogP contribution in [0.4, 0.5) is 10.2 Å². The Kier molecular flexibility index (Phi) is 4.46. The molecule has 27 heavy (non-hydrogen) atoms. The Balaban J connectivity index is 1.66. The van der Waals surface area contributed by atoms with Crippen LogP contribution in [0.1, 0.15) is 27.2 Å². The van der Waals surface area contributed by atoms with Crippen molar-refractivity contribution in [1.29, 1.82) is 0 Å². The molecule has 0 fully saturated rings. The standard InChI is InChI=1S/C21H18FN3O2/c1-14-10-11-27-19(14)21(26)23-20-17-4-2-3-5-18(17)25(24-20)13-16-8-6-15(12-22)7-9-16/h2-11H,12-13H2,1H3,(H,23,24,26). The molecule has 0 radical (unpaired) electrons. The quantitative estimate of drug-likeness (QED) is 0.559. The number of anilines is 1. The fourth-order valence-corrected chi connectivity index (χ4v) is 3.02. The molecule has 0 saturated carbocycles.